The van der Waals surface area contributed by atoms with Gasteiger partial charge in [-0.2, -0.15) is 0 Å². The van der Waals surface area contributed by atoms with Gasteiger partial charge < -0.3 is 0 Å². The van der Waals surface area contributed by atoms with Gasteiger partial charge in [-0.3, -0.25) is 0 Å². The third-order valence-corrected chi connectivity index (χ3v) is 2.15. The molecule has 0 unspecified atom stereocenters. The van der Waals surface area contributed by atoms with Crippen LogP contribution in [0.4, 0.5) is 0 Å². The molecule has 0 radical (unpaired) electrons. The van der Waals surface area contributed by atoms with Crippen molar-refractivity contribution in [3.8, 4) is 0 Å². The Kier molecular flexibility index (Phi) is 2.24. The molecule has 2 rings (SSSR count). The van der Waals surface area contributed by atoms with E-state index in [0.717, 1.165) is 10.9 Å². The van der Waals surface area contributed by atoms with E-state index in [9.17, 15) is 0 Å². The minimum atomic E-state index is 0.471. The van der Waals surface area contributed by atoms with E-state index >= 15 is 0 Å². The van der Waals surface area contributed by atoms with E-state index in [0.29, 0.717) is 9.89 Å². The van der Waals surface area contributed by atoms with E-state index in [4.69, 9.17) is 12.2 Å². The summed E-state index contributed by atoms with van der Waals surface area (Å²) >= 11 is 8.93. The Bertz CT molecular complexity index is 468. The lowest BCUT2D eigenvalue weighted by molar-refractivity contribution is 1.07. The van der Waals surface area contributed by atoms with Gasteiger partial charge in [-0.1, -0.05) is 30.4 Å². The fourth-order valence-corrected chi connectivity index (χ4v) is 1.30. The minimum Gasteiger partial charge on any atom is -0.150 e. The number of nitrogens with zero attached hydrogens (tertiary/aromatic N) is 2. The van der Waals surface area contributed by atoms with E-state index in [2.05, 4.69) is 22.8 Å². The quantitative estimate of drug-likeness (QED) is 0.572. The first kappa shape index (κ1) is 8.59. The largest absolute Gasteiger partial charge is 0.150 e. The van der Waals surface area contributed by atoms with E-state index < -0.39 is 0 Å². The molecule has 2 nitrogen and oxygen atoms in total. The van der Waals surface area contributed by atoms with Gasteiger partial charge in [-0.05, 0) is 12.1 Å². The molecule has 1 aromatic heterocycles. The van der Waals surface area contributed by atoms with Crippen LogP contribution in [0.5, 0.6) is 0 Å². The third kappa shape index (κ3) is 1.68. The summed E-state index contributed by atoms with van der Waals surface area (Å²) < 4.78 is 0.471. The van der Waals surface area contributed by atoms with Gasteiger partial charge >= 0.3 is 0 Å². The first-order valence-electron chi connectivity index (χ1n) is 3.73. The standard InChI is InChI=1S/C9H6N2S2/c12-9(13)8-5-6-3-1-2-4-7(6)10-11-8/h1-5H,(H,12,13). The van der Waals surface area contributed by atoms with Crippen molar-refractivity contribution in [1.82, 2.24) is 10.2 Å². The monoisotopic (exact) mass is 206 g/mol. The van der Waals surface area contributed by atoms with Crippen molar-refractivity contribution in [2.24, 2.45) is 0 Å². The van der Waals surface area contributed by atoms with Crippen molar-refractivity contribution in [3.05, 3.63) is 36.0 Å². The zero-order valence-electron chi connectivity index (χ0n) is 6.64. The highest BCUT2D eigenvalue weighted by Gasteiger charge is 2.00. The van der Waals surface area contributed by atoms with Crippen LogP contribution in [0.25, 0.3) is 10.9 Å². The van der Waals surface area contributed by atoms with Crippen LogP contribution in [0.1, 0.15) is 5.69 Å². The third-order valence-electron chi connectivity index (χ3n) is 1.71. The molecule has 2 aromatic rings. The van der Waals surface area contributed by atoms with Gasteiger partial charge in [0.2, 0.25) is 0 Å². The molecule has 64 valence electrons. The fourth-order valence-electron chi connectivity index (χ4n) is 1.09. The second-order valence-corrected chi connectivity index (χ2v) is 3.75. The molecule has 4 heteroatoms. The summed E-state index contributed by atoms with van der Waals surface area (Å²) in [4.78, 5) is 0. The van der Waals surface area contributed by atoms with Crippen molar-refractivity contribution in [2.45, 2.75) is 0 Å². The summed E-state index contributed by atoms with van der Waals surface area (Å²) in [5.41, 5.74) is 1.52. The van der Waals surface area contributed by atoms with Crippen LogP contribution in [0.15, 0.2) is 30.3 Å². The number of rotatable bonds is 1. The number of hydrogen-bond acceptors (Lipinski definition) is 3. The van der Waals surface area contributed by atoms with Crippen LogP contribution in [0.3, 0.4) is 0 Å². The number of thiol groups is 1. The first-order valence-corrected chi connectivity index (χ1v) is 4.59. The van der Waals surface area contributed by atoms with Gasteiger partial charge in [0.05, 0.1) is 9.71 Å². The van der Waals surface area contributed by atoms with E-state index in [1.165, 1.54) is 0 Å². The Morgan fingerprint density at radius 2 is 2.00 bits per heavy atom. The Labute approximate surface area is 86.4 Å². The number of thiocarbonyl (C=S) groups is 1. The molecule has 0 saturated carbocycles. The van der Waals surface area contributed by atoms with Gasteiger partial charge in [0.25, 0.3) is 0 Å². The zero-order valence-corrected chi connectivity index (χ0v) is 8.35. The summed E-state index contributed by atoms with van der Waals surface area (Å²) in [6.07, 6.45) is 0. The molecule has 0 bridgehead atoms. The average molecular weight is 206 g/mol. The molecule has 0 aliphatic rings. The Morgan fingerprint density at radius 3 is 2.77 bits per heavy atom. The van der Waals surface area contributed by atoms with E-state index in [1.807, 2.05) is 30.3 Å². The molecule has 0 saturated heterocycles. The molecule has 1 heterocycles. The number of fused-ring (bicyclic) bond motifs is 1. The summed E-state index contributed by atoms with van der Waals surface area (Å²) in [5, 5.41) is 8.99. The maximum atomic E-state index is 4.89. The highest BCUT2D eigenvalue weighted by atomic mass is 32.1. The zero-order chi connectivity index (χ0) is 9.26. The van der Waals surface area contributed by atoms with Crippen LogP contribution in [0.2, 0.25) is 0 Å². The maximum Gasteiger partial charge on any atom is 0.111 e. The normalized spacial score (nSPS) is 10.2. The minimum absolute atomic E-state index is 0.471. The molecule has 0 fully saturated rings. The van der Waals surface area contributed by atoms with Gasteiger partial charge in [0.15, 0.2) is 0 Å². The predicted molar refractivity (Wildman–Crippen MR) is 60.2 cm³/mol. The molecular formula is C9H6N2S2. The molecular weight excluding hydrogens is 200 g/mol. The maximum absolute atomic E-state index is 4.89. The lowest BCUT2D eigenvalue weighted by Crippen LogP contribution is -1.95. The Balaban J connectivity index is 2.69. The van der Waals surface area contributed by atoms with E-state index in [-0.39, 0.29) is 0 Å². The lowest BCUT2D eigenvalue weighted by atomic mass is 10.2. The van der Waals surface area contributed by atoms with Crippen molar-refractivity contribution >= 4 is 39.9 Å². The number of benzene rings is 1. The first-order chi connectivity index (χ1) is 6.27. The van der Waals surface area contributed by atoms with Crippen LogP contribution >= 0.6 is 24.8 Å². The van der Waals surface area contributed by atoms with Crippen LogP contribution < -0.4 is 0 Å². The Hall–Kier alpha value is -1.00. The average Bonchev–Trinajstić information content (AvgIpc) is 2.17. The summed E-state index contributed by atoms with van der Waals surface area (Å²) in [6, 6.07) is 9.65. The topological polar surface area (TPSA) is 25.8 Å². The summed E-state index contributed by atoms with van der Waals surface area (Å²) in [6.45, 7) is 0. The van der Waals surface area contributed by atoms with Gasteiger partial charge in [-0.15, -0.1) is 22.8 Å². The molecule has 0 amide bonds. The molecule has 0 atom stereocenters. The lowest BCUT2D eigenvalue weighted by Gasteiger charge is -1.97. The summed E-state index contributed by atoms with van der Waals surface area (Å²) in [7, 11) is 0. The number of aromatic nitrogens is 2. The molecule has 0 aliphatic heterocycles. The van der Waals surface area contributed by atoms with Crippen molar-refractivity contribution in [3.63, 3.8) is 0 Å². The molecule has 13 heavy (non-hydrogen) atoms. The second kappa shape index (κ2) is 3.40. The SMILES string of the molecule is S=C(S)c1cc2ccccc2nn1. The molecule has 0 spiro atoms. The van der Waals surface area contributed by atoms with Crippen molar-refractivity contribution < 1.29 is 0 Å². The van der Waals surface area contributed by atoms with Gasteiger partial charge in [0, 0.05) is 5.39 Å². The second-order valence-electron chi connectivity index (χ2n) is 2.59. The summed E-state index contributed by atoms with van der Waals surface area (Å²) in [5.74, 6) is 0. The highest BCUT2D eigenvalue weighted by Crippen LogP contribution is 2.11. The van der Waals surface area contributed by atoms with Crippen molar-refractivity contribution in [1.29, 1.82) is 0 Å². The smallest absolute Gasteiger partial charge is 0.111 e. The fraction of sp³-hybridized carbons (Fsp3) is 0. The number of hydrogen-bond donors (Lipinski definition) is 1. The molecule has 0 N–H and O–H groups in total. The molecule has 1 aromatic carbocycles. The van der Waals surface area contributed by atoms with E-state index in [1.54, 1.807) is 0 Å². The van der Waals surface area contributed by atoms with Gasteiger partial charge in [-0.25, -0.2) is 0 Å². The van der Waals surface area contributed by atoms with Crippen LogP contribution in [-0.4, -0.2) is 14.4 Å². The van der Waals surface area contributed by atoms with Crippen molar-refractivity contribution in [2.75, 3.05) is 0 Å². The molecule has 0 aliphatic carbocycles. The van der Waals surface area contributed by atoms with Crippen LogP contribution in [-0.2, 0) is 0 Å². The van der Waals surface area contributed by atoms with Gasteiger partial charge in [0.1, 0.15) is 5.69 Å². The predicted octanol–water partition coefficient (Wildman–Crippen LogP) is 2.24. The Morgan fingerprint density at radius 1 is 1.23 bits per heavy atom. The highest BCUT2D eigenvalue weighted by molar-refractivity contribution is 8.11. The van der Waals surface area contributed by atoms with Crippen LogP contribution in [0, 0.1) is 0 Å².